The Morgan fingerprint density at radius 3 is 2.45 bits per heavy atom. The quantitative estimate of drug-likeness (QED) is 0.330. The summed E-state index contributed by atoms with van der Waals surface area (Å²) in [6.45, 7) is 0. The van der Waals surface area contributed by atoms with E-state index in [-0.39, 0.29) is 11.2 Å². The number of aromatic nitrogens is 5. The highest BCUT2D eigenvalue weighted by Crippen LogP contribution is 2.43. The zero-order valence-corrected chi connectivity index (χ0v) is 22.1. The van der Waals surface area contributed by atoms with Crippen molar-refractivity contribution < 1.29 is 13.2 Å². The van der Waals surface area contributed by atoms with E-state index in [2.05, 4.69) is 31.0 Å². The van der Waals surface area contributed by atoms with Crippen molar-refractivity contribution in [1.82, 2.24) is 29.5 Å². The molecule has 3 aromatic heterocycles. The van der Waals surface area contributed by atoms with Gasteiger partial charge in [0.2, 0.25) is 0 Å². The van der Waals surface area contributed by atoms with Gasteiger partial charge in [0.25, 0.3) is 10.0 Å². The minimum atomic E-state index is -3.46. The van der Waals surface area contributed by atoms with E-state index in [1.165, 1.54) is 12.4 Å². The first-order chi connectivity index (χ1) is 18.4. The van der Waals surface area contributed by atoms with Crippen LogP contribution in [-0.4, -0.2) is 63.2 Å². The first kappa shape index (κ1) is 24.9. The Morgan fingerprint density at radius 2 is 1.76 bits per heavy atom. The Hall–Kier alpha value is -3.38. The average molecular weight is 537 g/mol. The molecule has 0 bridgehead atoms. The molecular formula is C26H32N8O3S. The fraction of sp³-hybridized carbons (Fsp3) is 0.500. The number of nitrogens with one attached hydrogen (secondary N) is 3. The zero-order valence-electron chi connectivity index (χ0n) is 21.3. The Bertz CT molecular complexity index is 1440. The van der Waals surface area contributed by atoms with Gasteiger partial charge in [-0.1, -0.05) is 0 Å². The smallest absolute Gasteiger partial charge is 0.256 e. The molecule has 3 heterocycles. The third kappa shape index (κ3) is 5.14. The van der Waals surface area contributed by atoms with Gasteiger partial charge in [0.15, 0.2) is 12.1 Å². The van der Waals surface area contributed by atoms with Crippen molar-refractivity contribution in [1.29, 1.82) is 0 Å². The predicted octanol–water partition coefficient (Wildman–Crippen LogP) is 3.45. The number of pyridine rings is 1. The van der Waals surface area contributed by atoms with Crippen molar-refractivity contribution in [2.75, 3.05) is 17.7 Å². The van der Waals surface area contributed by atoms with Gasteiger partial charge < -0.3 is 16.0 Å². The van der Waals surface area contributed by atoms with Crippen LogP contribution in [0.2, 0.25) is 0 Å². The van der Waals surface area contributed by atoms with E-state index in [1.54, 1.807) is 12.3 Å². The summed E-state index contributed by atoms with van der Waals surface area (Å²) in [6.07, 6.45) is 13.1. The second kappa shape index (κ2) is 10.1. The lowest BCUT2D eigenvalue weighted by Crippen LogP contribution is -2.35. The Balaban J connectivity index is 1.25. The Labute approximate surface area is 221 Å². The van der Waals surface area contributed by atoms with Crippen LogP contribution in [0.1, 0.15) is 73.3 Å². The number of carbonyl (C=O) groups excluding carboxylic acids is 1. The molecular weight excluding hydrogens is 504 g/mol. The summed E-state index contributed by atoms with van der Waals surface area (Å²) < 4.78 is 26.0. The monoisotopic (exact) mass is 536 g/mol. The maximum Gasteiger partial charge on any atom is 0.256 e. The van der Waals surface area contributed by atoms with E-state index >= 15 is 0 Å². The predicted molar refractivity (Wildman–Crippen MR) is 144 cm³/mol. The third-order valence-electron chi connectivity index (χ3n) is 7.60. The summed E-state index contributed by atoms with van der Waals surface area (Å²) in [5.74, 6) is 1.76. The van der Waals surface area contributed by atoms with Crippen molar-refractivity contribution in [2.24, 2.45) is 0 Å². The number of nitrogens with zero attached hydrogens (tertiary/aromatic N) is 5. The molecule has 0 unspecified atom stereocenters. The SMILES string of the molecule is CNC1CCC(Nc2cc(Nc3ccnc(-c4cnn(S(=O)(=O)C5CC5)c4)n3)nc(C3CC3)c2C=O)CC1. The summed E-state index contributed by atoms with van der Waals surface area (Å²) in [4.78, 5) is 25.8. The van der Waals surface area contributed by atoms with Crippen LogP contribution in [0.4, 0.5) is 17.3 Å². The summed E-state index contributed by atoms with van der Waals surface area (Å²) in [6, 6.07) is 4.45. The average Bonchev–Trinajstić information content (AvgIpc) is 3.86. The third-order valence-corrected chi connectivity index (χ3v) is 9.64. The molecule has 0 aromatic carbocycles. The van der Waals surface area contributed by atoms with Gasteiger partial charge >= 0.3 is 0 Å². The highest BCUT2D eigenvalue weighted by atomic mass is 32.2. The first-order valence-electron chi connectivity index (χ1n) is 13.3. The molecule has 0 atom stereocenters. The molecule has 3 N–H and O–H groups in total. The van der Waals surface area contributed by atoms with Gasteiger partial charge in [-0.2, -0.15) is 9.19 Å². The Morgan fingerprint density at radius 1 is 1.00 bits per heavy atom. The lowest BCUT2D eigenvalue weighted by Gasteiger charge is -2.30. The number of rotatable bonds is 10. The van der Waals surface area contributed by atoms with Gasteiger partial charge in [-0.05, 0) is 64.5 Å². The van der Waals surface area contributed by atoms with Crippen molar-refractivity contribution in [3.05, 3.63) is 42.0 Å². The molecule has 3 aliphatic carbocycles. The van der Waals surface area contributed by atoms with Crippen LogP contribution in [-0.2, 0) is 10.0 Å². The van der Waals surface area contributed by atoms with E-state index in [4.69, 9.17) is 4.98 Å². The molecule has 0 saturated heterocycles. The zero-order chi connectivity index (χ0) is 26.3. The lowest BCUT2D eigenvalue weighted by atomic mass is 9.91. The van der Waals surface area contributed by atoms with E-state index in [9.17, 15) is 13.2 Å². The van der Waals surface area contributed by atoms with Crippen LogP contribution in [0.15, 0.2) is 30.7 Å². The van der Waals surface area contributed by atoms with Crippen LogP contribution in [0.5, 0.6) is 0 Å². The van der Waals surface area contributed by atoms with E-state index < -0.39 is 10.0 Å². The second-order valence-corrected chi connectivity index (χ2v) is 12.5. The fourth-order valence-corrected chi connectivity index (χ4v) is 6.55. The molecule has 0 spiro atoms. The molecule has 3 aromatic rings. The van der Waals surface area contributed by atoms with Crippen LogP contribution in [0.3, 0.4) is 0 Å². The molecule has 200 valence electrons. The number of hydrogen-bond donors (Lipinski definition) is 3. The van der Waals surface area contributed by atoms with Gasteiger partial charge in [-0.25, -0.2) is 23.4 Å². The van der Waals surface area contributed by atoms with Crippen molar-refractivity contribution in [3.8, 4) is 11.4 Å². The summed E-state index contributed by atoms with van der Waals surface area (Å²) in [5, 5.41) is 13.9. The minimum absolute atomic E-state index is 0.290. The lowest BCUT2D eigenvalue weighted by molar-refractivity contribution is 0.112. The number of aldehydes is 1. The number of carbonyl (C=O) groups is 1. The van der Waals surface area contributed by atoms with Crippen LogP contribution >= 0.6 is 0 Å². The number of hydrogen-bond acceptors (Lipinski definition) is 10. The van der Waals surface area contributed by atoms with Crippen molar-refractivity contribution in [2.45, 2.75) is 74.6 Å². The molecule has 6 rings (SSSR count). The molecule has 3 saturated carbocycles. The topological polar surface area (TPSA) is 144 Å². The molecule has 0 aliphatic heterocycles. The van der Waals surface area contributed by atoms with Gasteiger partial charge in [0.05, 0.1) is 40.2 Å². The van der Waals surface area contributed by atoms with E-state index in [1.807, 2.05) is 13.1 Å². The fourth-order valence-electron chi connectivity index (χ4n) is 5.07. The standard InChI is InChI=1S/C26H32N8O3S/c1-27-18-4-6-19(7-5-18)30-22-12-24(32-25(16-2-3-16)21(22)15-35)31-23-10-11-28-26(33-23)17-13-29-34(14-17)38(36,37)20-8-9-20/h10-16,18-20,27H,2-9H2,1H3,(H2,28,30,31,32,33). The molecule has 0 amide bonds. The highest BCUT2D eigenvalue weighted by molar-refractivity contribution is 7.90. The van der Waals surface area contributed by atoms with E-state index in [0.29, 0.717) is 53.5 Å². The minimum Gasteiger partial charge on any atom is -0.382 e. The maximum atomic E-state index is 12.5. The normalized spacial score (nSPS) is 21.7. The van der Waals surface area contributed by atoms with Gasteiger partial charge in [-0.15, -0.1) is 0 Å². The van der Waals surface area contributed by atoms with Gasteiger partial charge in [0, 0.05) is 30.3 Å². The van der Waals surface area contributed by atoms with Crippen molar-refractivity contribution >= 4 is 33.6 Å². The largest absolute Gasteiger partial charge is 0.382 e. The molecule has 3 fully saturated rings. The van der Waals surface area contributed by atoms with Crippen LogP contribution in [0.25, 0.3) is 11.4 Å². The second-order valence-electron chi connectivity index (χ2n) is 10.5. The molecule has 12 heteroatoms. The maximum absolute atomic E-state index is 12.5. The molecule has 38 heavy (non-hydrogen) atoms. The molecule has 0 radical (unpaired) electrons. The molecule has 3 aliphatic rings. The van der Waals surface area contributed by atoms with Crippen LogP contribution in [0, 0.1) is 0 Å². The molecule has 11 nitrogen and oxygen atoms in total. The van der Waals surface area contributed by atoms with Crippen LogP contribution < -0.4 is 16.0 Å². The van der Waals surface area contributed by atoms with E-state index in [0.717, 1.165) is 60.3 Å². The highest BCUT2D eigenvalue weighted by Gasteiger charge is 2.37. The number of anilines is 3. The van der Waals surface area contributed by atoms with Gasteiger partial charge in [0.1, 0.15) is 11.6 Å². The first-order valence-corrected chi connectivity index (χ1v) is 14.8. The summed E-state index contributed by atoms with van der Waals surface area (Å²) in [5.41, 5.74) is 2.77. The van der Waals surface area contributed by atoms with Gasteiger partial charge in [-0.3, -0.25) is 4.79 Å². The summed E-state index contributed by atoms with van der Waals surface area (Å²) >= 11 is 0. The summed E-state index contributed by atoms with van der Waals surface area (Å²) in [7, 11) is -1.46. The Kier molecular flexibility index (Phi) is 6.60. The van der Waals surface area contributed by atoms with Crippen molar-refractivity contribution in [3.63, 3.8) is 0 Å².